The van der Waals surface area contributed by atoms with Crippen molar-refractivity contribution in [2.75, 3.05) is 36.4 Å². The van der Waals surface area contributed by atoms with Crippen LogP contribution in [0.4, 0.5) is 11.5 Å². The van der Waals surface area contributed by atoms with Crippen LogP contribution in [0.25, 0.3) is 5.65 Å². The van der Waals surface area contributed by atoms with Gasteiger partial charge in [0.1, 0.15) is 5.82 Å². The summed E-state index contributed by atoms with van der Waals surface area (Å²) >= 11 is 0. The summed E-state index contributed by atoms with van der Waals surface area (Å²) in [6.45, 7) is 5.59. The van der Waals surface area contributed by atoms with E-state index in [1.165, 1.54) is 0 Å². The third kappa shape index (κ3) is 3.70. The summed E-state index contributed by atoms with van der Waals surface area (Å²) in [5, 5.41) is 8.35. The van der Waals surface area contributed by atoms with Crippen LogP contribution in [0, 0.1) is 6.92 Å². The maximum absolute atomic E-state index is 13.8. The van der Waals surface area contributed by atoms with Crippen LogP contribution in [-0.2, 0) is 6.42 Å². The van der Waals surface area contributed by atoms with E-state index in [9.17, 15) is 4.79 Å². The molecular weight excluding hydrogens is 426 g/mol. The first kappa shape index (κ1) is 21.4. The van der Waals surface area contributed by atoms with E-state index in [4.69, 9.17) is 15.8 Å². The Balaban J connectivity index is 1.33. The SMILES string of the molecule is Cc1cn2nc(C3CCCCN3C(=O)c3cccc4c3CCCN4)cc2nc1N1CCC(N)C1. The van der Waals surface area contributed by atoms with Crippen LogP contribution in [-0.4, -0.2) is 57.6 Å². The van der Waals surface area contributed by atoms with E-state index in [1.807, 2.05) is 21.5 Å². The lowest BCUT2D eigenvalue weighted by atomic mass is 9.94. The fraction of sp³-hybridized carbons (Fsp3) is 0.500. The molecule has 0 spiro atoms. The van der Waals surface area contributed by atoms with Crippen LogP contribution in [0.3, 0.4) is 0 Å². The second-order valence-electron chi connectivity index (χ2n) is 9.99. The minimum Gasteiger partial charge on any atom is -0.385 e. The van der Waals surface area contributed by atoms with Gasteiger partial charge in [-0.1, -0.05) is 6.07 Å². The second-order valence-corrected chi connectivity index (χ2v) is 9.99. The molecule has 6 rings (SSSR count). The average molecular weight is 460 g/mol. The zero-order chi connectivity index (χ0) is 23.2. The highest BCUT2D eigenvalue weighted by Crippen LogP contribution is 2.34. The van der Waals surface area contributed by atoms with E-state index in [1.54, 1.807) is 0 Å². The summed E-state index contributed by atoms with van der Waals surface area (Å²) in [6, 6.07) is 8.31. The number of hydrogen-bond acceptors (Lipinski definition) is 6. The molecule has 2 aromatic heterocycles. The molecule has 1 aromatic carbocycles. The molecule has 3 aliphatic rings. The maximum Gasteiger partial charge on any atom is 0.254 e. The molecule has 34 heavy (non-hydrogen) atoms. The number of fused-ring (bicyclic) bond motifs is 2. The van der Waals surface area contributed by atoms with Gasteiger partial charge in [-0.15, -0.1) is 0 Å². The van der Waals surface area contributed by atoms with E-state index < -0.39 is 0 Å². The number of benzene rings is 1. The number of amides is 1. The molecule has 2 fully saturated rings. The van der Waals surface area contributed by atoms with Gasteiger partial charge in [0.2, 0.25) is 0 Å². The summed E-state index contributed by atoms with van der Waals surface area (Å²) in [5.74, 6) is 1.12. The number of aryl methyl sites for hydroxylation is 1. The standard InChI is InChI=1S/C26H33N7O/c1-17-15-33-24(29-25(17)31-13-10-18(27)16-31)14-22(30-33)23-9-2-3-12-32(23)26(34)20-6-4-8-21-19(20)7-5-11-28-21/h4,6,8,14-15,18,23,28H,2-3,5,7,9-13,16,27H2,1H3. The molecule has 2 atom stereocenters. The predicted molar refractivity (Wildman–Crippen MR) is 133 cm³/mol. The average Bonchev–Trinajstić information content (AvgIpc) is 3.48. The van der Waals surface area contributed by atoms with Crippen LogP contribution in [0.2, 0.25) is 0 Å². The topological polar surface area (TPSA) is 91.8 Å². The van der Waals surface area contributed by atoms with Gasteiger partial charge in [-0.2, -0.15) is 5.10 Å². The van der Waals surface area contributed by atoms with Gasteiger partial charge in [0.25, 0.3) is 5.91 Å². The minimum absolute atomic E-state index is 0.0284. The Kier molecular flexibility index (Phi) is 5.40. The Hall–Kier alpha value is -3.13. The van der Waals surface area contributed by atoms with Crippen molar-refractivity contribution in [3.63, 3.8) is 0 Å². The molecule has 8 nitrogen and oxygen atoms in total. The summed E-state index contributed by atoms with van der Waals surface area (Å²) in [7, 11) is 0. The summed E-state index contributed by atoms with van der Waals surface area (Å²) in [5.41, 5.74) is 12.1. The Morgan fingerprint density at radius 1 is 1.18 bits per heavy atom. The molecule has 0 bridgehead atoms. The molecule has 0 radical (unpaired) electrons. The lowest BCUT2D eigenvalue weighted by molar-refractivity contribution is 0.0604. The van der Waals surface area contributed by atoms with Gasteiger partial charge in [-0.3, -0.25) is 4.79 Å². The van der Waals surface area contributed by atoms with E-state index in [0.29, 0.717) is 0 Å². The fourth-order valence-corrected chi connectivity index (χ4v) is 5.83. The van der Waals surface area contributed by atoms with Crippen LogP contribution >= 0.6 is 0 Å². The van der Waals surface area contributed by atoms with Crippen molar-refractivity contribution in [3.8, 4) is 0 Å². The first-order valence-corrected chi connectivity index (χ1v) is 12.6. The van der Waals surface area contributed by atoms with Gasteiger partial charge in [0.05, 0.1) is 11.7 Å². The summed E-state index contributed by atoms with van der Waals surface area (Å²) < 4.78 is 1.87. The predicted octanol–water partition coefficient (Wildman–Crippen LogP) is 3.30. The van der Waals surface area contributed by atoms with Crippen molar-refractivity contribution >= 4 is 23.1 Å². The highest BCUT2D eigenvalue weighted by molar-refractivity contribution is 5.97. The monoisotopic (exact) mass is 459 g/mol. The second kappa shape index (κ2) is 8.58. The van der Waals surface area contributed by atoms with Gasteiger partial charge >= 0.3 is 0 Å². The first-order valence-electron chi connectivity index (χ1n) is 12.6. The molecule has 3 aliphatic heterocycles. The van der Waals surface area contributed by atoms with E-state index in [2.05, 4.69) is 35.5 Å². The van der Waals surface area contributed by atoms with Gasteiger partial charge in [-0.05, 0) is 63.1 Å². The van der Waals surface area contributed by atoms with Gasteiger partial charge in [0, 0.05) is 61.3 Å². The summed E-state index contributed by atoms with van der Waals surface area (Å²) in [4.78, 5) is 23.1. The lowest BCUT2D eigenvalue weighted by Crippen LogP contribution is -2.39. The van der Waals surface area contributed by atoms with Crippen molar-refractivity contribution in [1.82, 2.24) is 19.5 Å². The Labute approximate surface area is 200 Å². The molecule has 0 saturated carbocycles. The number of nitrogens with zero attached hydrogens (tertiary/aromatic N) is 5. The molecule has 178 valence electrons. The Morgan fingerprint density at radius 3 is 2.94 bits per heavy atom. The number of carbonyl (C=O) groups is 1. The number of piperidine rings is 1. The highest BCUT2D eigenvalue weighted by atomic mass is 16.2. The molecule has 2 unspecified atom stereocenters. The normalized spacial score (nSPS) is 22.6. The lowest BCUT2D eigenvalue weighted by Gasteiger charge is -2.35. The van der Waals surface area contributed by atoms with Crippen LogP contribution in [0.1, 0.15) is 65.3 Å². The summed E-state index contributed by atoms with van der Waals surface area (Å²) in [6.07, 6.45) is 8.11. The van der Waals surface area contributed by atoms with Crippen molar-refractivity contribution in [1.29, 1.82) is 0 Å². The molecule has 1 amide bonds. The van der Waals surface area contributed by atoms with Crippen molar-refractivity contribution in [2.45, 2.75) is 57.5 Å². The quantitative estimate of drug-likeness (QED) is 0.624. The third-order valence-corrected chi connectivity index (χ3v) is 7.58. The highest BCUT2D eigenvalue weighted by Gasteiger charge is 2.32. The fourth-order valence-electron chi connectivity index (χ4n) is 5.83. The molecule has 3 N–H and O–H groups in total. The number of hydrogen-bond donors (Lipinski definition) is 2. The van der Waals surface area contributed by atoms with E-state index >= 15 is 0 Å². The van der Waals surface area contributed by atoms with Gasteiger partial charge in [-0.25, -0.2) is 9.50 Å². The Morgan fingerprint density at radius 2 is 2.09 bits per heavy atom. The van der Waals surface area contributed by atoms with Crippen LogP contribution in [0.15, 0.2) is 30.5 Å². The molecule has 0 aliphatic carbocycles. The van der Waals surface area contributed by atoms with E-state index in [0.717, 1.165) is 104 Å². The number of carbonyl (C=O) groups excluding carboxylic acids is 1. The zero-order valence-corrected chi connectivity index (χ0v) is 19.8. The molecule has 8 heteroatoms. The van der Waals surface area contributed by atoms with Crippen molar-refractivity contribution in [2.24, 2.45) is 5.73 Å². The smallest absolute Gasteiger partial charge is 0.254 e. The largest absolute Gasteiger partial charge is 0.385 e. The molecular formula is C26H33N7O. The molecule has 3 aromatic rings. The number of nitrogens with two attached hydrogens (primary N) is 1. The van der Waals surface area contributed by atoms with Crippen molar-refractivity contribution < 1.29 is 4.79 Å². The zero-order valence-electron chi connectivity index (χ0n) is 19.8. The number of rotatable bonds is 3. The van der Waals surface area contributed by atoms with Crippen LogP contribution in [0.5, 0.6) is 0 Å². The number of anilines is 2. The van der Waals surface area contributed by atoms with Crippen molar-refractivity contribution in [3.05, 3.63) is 52.8 Å². The number of aromatic nitrogens is 3. The first-order chi connectivity index (χ1) is 16.6. The van der Waals surface area contributed by atoms with Crippen LogP contribution < -0.4 is 16.0 Å². The Bertz CT molecular complexity index is 1240. The number of nitrogens with one attached hydrogen (secondary N) is 1. The minimum atomic E-state index is -0.0284. The van der Waals surface area contributed by atoms with Gasteiger partial charge < -0.3 is 20.9 Å². The third-order valence-electron chi connectivity index (χ3n) is 7.58. The van der Waals surface area contributed by atoms with Gasteiger partial charge in [0.15, 0.2) is 5.65 Å². The molecule has 2 saturated heterocycles. The number of likely N-dealkylation sites (tertiary alicyclic amines) is 1. The molecule has 5 heterocycles. The van der Waals surface area contributed by atoms with E-state index in [-0.39, 0.29) is 18.0 Å². The maximum atomic E-state index is 13.8.